The van der Waals surface area contributed by atoms with Crippen LogP contribution in [-0.2, 0) is 12.8 Å². The fraction of sp³-hybridized carbons (Fsp3) is 0.625. The molecule has 1 aliphatic carbocycles. The summed E-state index contributed by atoms with van der Waals surface area (Å²) >= 11 is 0. The van der Waals surface area contributed by atoms with Gasteiger partial charge in [0.1, 0.15) is 0 Å². The Morgan fingerprint density at radius 3 is 2.11 bits per heavy atom. The van der Waals surface area contributed by atoms with Gasteiger partial charge < -0.3 is 5.73 Å². The van der Waals surface area contributed by atoms with Crippen molar-refractivity contribution in [1.29, 1.82) is 0 Å². The maximum absolute atomic E-state index is 6.16. The van der Waals surface area contributed by atoms with Crippen molar-refractivity contribution in [3.63, 3.8) is 0 Å². The number of rotatable bonds is 4. The molecule has 2 heteroatoms. The third-order valence-electron chi connectivity index (χ3n) is 5.02. The Bertz CT molecular complexity index is 398. The van der Waals surface area contributed by atoms with Crippen LogP contribution in [0.1, 0.15) is 38.3 Å². The summed E-state index contributed by atoms with van der Waals surface area (Å²) in [5.74, 6) is 0. The van der Waals surface area contributed by atoms with E-state index in [0.717, 1.165) is 25.8 Å². The third-order valence-corrected chi connectivity index (χ3v) is 5.02. The van der Waals surface area contributed by atoms with E-state index in [2.05, 4.69) is 57.0 Å². The van der Waals surface area contributed by atoms with Crippen LogP contribution < -0.4 is 5.73 Å². The monoisotopic (exact) mass is 246 g/mol. The number of likely N-dealkylation sites (N-methyl/N-ethyl adjacent to an activating group) is 1. The zero-order valence-electron chi connectivity index (χ0n) is 12.2. The first kappa shape index (κ1) is 13.6. The van der Waals surface area contributed by atoms with Gasteiger partial charge in [-0.1, -0.05) is 31.2 Å². The minimum atomic E-state index is 0.100. The summed E-state index contributed by atoms with van der Waals surface area (Å²) in [5, 5.41) is 0. The van der Waals surface area contributed by atoms with E-state index in [-0.39, 0.29) is 11.1 Å². The van der Waals surface area contributed by atoms with Crippen molar-refractivity contribution in [2.75, 3.05) is 13.6 Å². The lowest BCUT2D eigenvalue weighted by atomic mass is 9.87. The maximum atomic E-state index is 6.16. The molecule has 18 heavy (non-hydrogen) atoms. The molecule has 100 valence electrons. The van der Waals surface area contributed by atoms with E-state index in [1.165, 1.54) is 11.1 Å². The van der Waals surface area contributed by atoms with Gasteiger partial charge in [-0.05, 0) is 51.3 Å². The highest BCUT2D eigenvalue weighted by Crippen LogP contribution is 2.37. The Labute approximate surface area is 111 Å². The quantitative estimate of drug-likeness (QED) is 0.885. The fourth-order valence-corrected chi connectivity index (χ4v) is 3.07. The Kier molecular flexibility index (Phi) is 3.52. The average Bonchev–Trinajstić information content (AvgIpc) is 2.77. The first-order valence-electron chi connectivity index (χ1n) is 6.96. The number of hydrogen-bond donors (Lipinski definition) is 1. The summed E-state index contributed by atoms with van der Waals surface area (Å²) < 4.78 is 0. The van der Waals surface area contributed by atoms with Gasteiger partial charge in [0, 0.05) is 17.6 Å². The molecule has 0 saturated heterocycles. The lowest BCUT2D eigenvalue weighted by molar-refractivity contribution is 0.0299. The molecule has 0 radical (unpaired) electrons. The van der Waals surface area contributed by atoms with E-state index in [0.29, 0.717) is 0 Å². The highest BCUT2D eigenvalue weighted by atomic mass is 15.2. The van der Waals surface area contributed by atoms with Crippen molar-refractivity contribution in [2.45, 2.75) is 51.1 Å². The molecule has 2 rings (SSSR count). The second kappa shape index (κ2) is 4.67. The number of nitrogens with two attached hydrogens (primary N) is 1. The van der Waals surface area contributed by atoms with Crippen LogP contribution in [0.4, 0.5) is 0 Å². The smallest absolute Gasteiger partial charge is 0.0414 e. The van der Waals surface area contributed by atoms with Crippen molar-refractivity contribution < 1.29 is 0 Å². The highest BCUT2D eigenvalue weighted by Gasteiger charge is 2.43. The molecule has 2 nitrogen and oxygen atoms in total. The van der Waals surface area contributed by atoms with Crippen LogP contribution >= 0.6 is 0 Å². The molecule has 0 aromatic heterocycles. The zero-order chi connectivity index (χ0) is 13.4. The summed E-state index contributed by atoms with van der Waals surface area (Å²) in [6, 6.07) is 8.77. The molecule has 0 heterocycles. The van der Waals surface area contributed by atoms with Gasteiger partial charge in [0.2, 0.25) is 0 Å². The summed E-state index contributed by atoms with van der Waals surface area (Å²) in [5.41, 5.74) is 9.40. The summed E-state index contributed by atoms with van der Waals surface area (Å²) in [7, 11) is 2.24. The molecule has 0 unspecified atom stereocenters. The van der Waals surface area contributed by atoms with E-state index in [4.69, 9.17) is 5.73 Å². The van der Waals surface area contributed by atoms with Gasteiger partial charge in [-0.3, -0.25) is 4.90 Å². The topological polar surface area (TPSA) is 29.3 Å². The predicted octanol–water partition coefficient (Wildman–Crippen LogP) is 2.60. The summed E-state index contributed by atoms with van der Waals surface area (Å²) in [4.78, 5) is 2.51. The van der Waals surface area contributed by atoms with Crippen LogP contribution in [0.5, 0.6) is 0 Å². The first-order chi connectivity index (χ1) is 8.45. The molecular weight excluding hydrogens is 220 g/mol. The Balaban J connectivity index is 2.31. The SMILES string of the molecule is CCC(C)(C)N(C)C1(CN)Cc2ccccc2C1. The van der Waals surface area contributed by atoms with E-state index < -0.39 is 0 Å². The molecular formula is C16H26N2. The van der Waals surface area contributed by atoms with Crippen LogP contribution in [-0.4, -0.2) is 29.6 Å². The van der Waals surface area contributed by atoms with E-state index in [1.54, 1.807) is 0 Å². The van der Waals surface area contributed by atoms with Crippen LogP contribution in [0, 0.1) is 0 Å². The summed E-state index contributed by atoms with van der Waals surface area (Å²) in [6.45, 7) is 7.60. The average molecular weight is 246 g/mol. The molecule has 0 fully saturated rings. The number of nitrogens with zero attached hydrogens (tertiary/aromatic N) is 1. The van der Waals surface area contributed by atoms with Crippen molar-refractivity contribution >= 4 is 0 Å². The second-order valence-electron chi connectivity index (χ2n) is 6.28. The molecule has 1 aromatic rings. The Morgan fingerprint density at radius 2 is 1.72 bits per heavy atom. The standard InChI is InChI=1S/C16H26N2/c1-5-15(2,3)18(4)16(12-17)10-13-8-6-7-9-14(13)11-16/h6-9H,5,10-12,17H2,1-4H3. The number of hydrogen-bond acceptors (Lipinski definition) is 2. The normalized spacial score (nSPS) is 18.1. The van der Waals surface area contributed by atoms with Gasteiger partial charge in [-0.2, -0.15) is 0 Å². The van der Waals surface area contributed by atoms with Gasteiger partial charge in [0.15, 0.2) is 0 Å². The number of benzene rings is 1. The predicted molar refractivity (Wildman–Crippen MR) is 77.8 cm³/mol. The molecule has 0 amide bonds. The third kappa shape index (κ3) is 2.08. The van der Waals surface area contributed by atoms with E-state index in [9.17, 15) is 0 Å². The van der Waals surface area contributed by atoms with Crippen LogP contribution in [0.2, 0.25) is 0 Å². The molecule has 2 N–H and O–H groups in total. The van der Waals surface area contributed by atoms with Crippen LogP contribution in [0.15, 0.2) is 24.3 Å². The fourth-order valence-electron chi connectivity index (χ4n) is 3.07. The van der Waals surface area contributed by atoms with Crippen molar-refractivity contribution in [3.8, 4) is 0 Å². The minimum absolute atomic E-state index is 0.100. The van der Waals surface area contributed by atoms with E-state index >= 15 is 0 Å². The van der Waals surface area contributed by atoms with Gasteiger partial charge in [0.25, 0.3) is 0 Å². The van der Waals surface area contributed by atoms with Gasteiger partial charge in [0.05, 0.1) is 0 Å². The van der Waals surface area contributed by atoms with E-state index in [1.807, 2.05) is 0 Å². The molecule has 0 atom stereocenters. The largest absolute Gasteiger partial charge is 0.329 e. The molecule has 0 saturated carbocycles. The van der Waals surface area contributed by atoms with Crippen molar-refractivity contribution in [3.05, 3.63) is 35.4 Å². The maximum Gasteiger partial charge on any atom is 0.0414 e. The van der Waals surface area contributed by atoms with Crippen molar-refractivity contribution in [1.82, 2.24) is 4.90 Å². The number of fused-ring (bicyclic) bond motifs is 1. The second-order valence-corrected chi connectivity index (χ2v) is 6.28. The lowest BCUT2D eigenvalue weighted by Gasteiger charge is -2.47. The molecule has 1 aliphatic rings. The summed E-state index contributed by atoms with van der Waals surface area (Å²) in [6.07, 6.45) is 3.31. The van der Waals surface area contributed by atoms with Crippen LogP contribution in [0.3, 0.4) is 0 Å². The zero-order valence-corrected chi connectivity index (χ0v) is 12.2. The van der Waals surface area contributed by atoms with Gasteiger partial charge in [-0.25, -0.2) is 0 Å². The molecule has 1 aromatic carbocycles. The molecule has 0 spiro atoms. The minimum Gasteiger partial charge on any atom is -0.329 e. The van der Waals surface area contributed by atoms with Gasteiger partial charge >= 0.3 is 0 Å². The molecule has 0 aliphatic heterocycles. The highest BCUT2D eigenvalue weighted by molar-refractivity contribution is 5.37. The Morgan fingerprint density at radius 1 is 1.22 bits per heavy atom. The molecule has 0 bridgehead atoms. The Hall–Kier alpha value is -0.860. The first-order valence-corrected chi connectivity index (χ1v) is 6.96. The van der Waals surface area contributed by atoms with Crippen molar-refractivity contribution in [2.24, 2.45) is 5.73 Å². The van der Waals surface area contributed by atoms with Gasteiger partial charge in [-0.15, -0.1) is 0 Å². The van der Waals surface area contributed by atoms with Crippen LogP contribution in [0.25, 0.3) is 0 Å². The lowest BCUT2D eigenvalue weighted by Crippen LogP contribution is -2.60.